The lowest BCUT2D eigenvalue weighted by Gasteiger charge is -2.33. The Balaban J connectivity index is 2.03. The molecule has 0 bridgehead atoms. The summed E-state index contributed by atoms with van der Waals surface area (Å²) < 4.78 is 0. The molecule has 0 saturated heterocycles. The fraction of sp³-hybridized carbons (Fsp3) is 0.923. The molecule has 92 valence electrons. The van der Waals surface area contributed by atoms with Gasteiger partial charge in [0.25, 0.3) is 0 Å². The summed E-state index contributed by atoms with van der Waals surface area (Å²) in [7, 11) is 0. The number of amides is 1. The molecule has 0 spiro atoms. The topological polar surface area (TPSA) is 46.3 Å². The van der Waals surface area contributed by atoms with Gasteiger partial charge in [-0.1, -0.05) is 6.92 Å². The monoisotopic (exact) mass is 224 g/mol. The van der Waals surface area contributed by atoms with Crippen molar-refractivity contribution < 1.29 is 4.79 Å². The SMILES string of the molecule is CC(N)C(C)C(=O)N(C1CC1)C(C)C1CC1. The highest BCUT2D eigenvalue weighted by Gasteiger charge is 2.42. The predicted octanol–water partition coefficient (Wildman–Crippen LogP) is 1.76. The van der Waals surface area contributed by atoms with Crippen LogP contribution in [0.5, 0.6) is 0 Å². The number of hydrogen-bond acceptors (Lipinski definition) is 2. The van der Waals surface area contributed by atoms with Crippen LogP contribution in [-0.4, -0.2) is 28.9 Å². The first-order valence-electron chi connectivity index (χ1n) is 6.60. The van der Waals surface area contributed by atoms with Crippen LogP contribution in [0.15, 0.2) is 0 Å². The third-order valence-electron chi connectivity index (χ3n) is 4.12. The molecule has 0 heterocycles. The Kier molecular flexibility index (Phi) is 3.24. The van der Waals surface area contributed by atoms with Crippen LogP contribution in [0.2, 0.25) is 0 Å². The van der Waals surface area contributed by atoms with E-state index in [0.717, 1.165) is 5.92 Å². The lowest BCUT2D eigenvalue weighted by Crippen LogP contribution is -2.47. The van der Waals surface area contributed by atoms with Gasteiger partial charge in [0.2, 0.25) is 5.91 Å². The van der Waals surface area contributed by atoms with Gasteiger partial charge in [-0.15, -0.1) is 0 Å². The molecule has 16 heavy (non-hydrogen) atoms. The Morgan fingerprint density at radius 3 is 2.12 bits per heavy atom. The van der Waals surface area contributed by atoms with E-state index in [0.29, 0.717) is 12.1 Å². The van der Waals surface area contributed by atoms with Crippen LogP contribution in [0.4, 0.5) is 0 Å². The molecule has 2 aliphatic rings. The summed E-state index contributed by atoms with van der Waals surface area (Å²) in [5.74, 6) is 0.989. The Morgan fingerprint density at radius 1 is 1.19 bits per heavy atom. The van der Waals surface area contributed by atoms with Gasteiger partial charge in [-0.2, -0.15) is 0 Å². The minimum atomic E-state index is -0.0415. The zero-order valence-electron chi connectivity index (χ0n) is 10.6. The average molecular weight is 224 g/mol. The lowest BCUT2D eigenvalue weighted by atomic mass is 10.0. The molecule has 2 N–H and O–H groups in total. The Hall–Kier alpha value is -0.570. The first kappa shape index (κ1) is 11.9. The summed E-state index contributed by atoms with van der Waals surface area (Å²) >= 11 is 0. The zero-order valence-corrected chi connectivity index (χ0v) is 10.6. The maximum Gasteiger partial charge on any atom is 0.227 e. The molecule has 3 unspecified atom stereocenters. The highest BCUT2D eigenvalue weighted by Crippen LogP contribution is 2.40. The molecule has 0 aromatic carbocycles. The second-order valence-corrected chi connectivity index (χ2v) is 5.70. The highest BCUT2D eigenvalue weighted by molar-refractivity contribution is 5.80. The normalized spacial score (nSPS) is 26.0. The van der Waals surface area contributed by atoms with E-state index in [1.165, 1.54) is 25.7 Å². The van der Waals surface area contributed by atoms with Crippen LogP contribution < -0.4 is 5.73 Å². The zero-order chi connectivity index (χ0) is 11.9. The minimum absolute atomic E-state index is 0.0400. The van der Waals surface area contributed by atoms with Gasteiger partial charge in [-0.3, -0.25) is 4.79 Å². The molecule has 0 aliphatic heterocycles. The van der Waals surface area contributed by atoms with Crippen LogP contribution in [0.1, 0.15) is 46.5 Å². The average Bonchev–Trinajstić information content (AvgIpc) is 3.06. The quantitative estimate of drug-likeness (QED) is 0.773. The molecule has 0 aromatic heterocycles. The van der Waals surface area contributed by atoms with Crippen molar-refractivity contribution in [3.8, 4) is 0 Å². The van der Waals surface area contributed by atoms with E-state index in [1.807, 2.05) is 13.8 Å². The fourth-order valence-electron chi connectivity index (χ4n) is 2.33. The second-order valence-electron chi connectivity index (χ2n) is 5.70. The van der Waals surface area contributed by atoms with E-state index in [1.54, 1.807) is 0 Å². The van der Waals surface area contributed by atoms with E-state index in [4.69, 9.17) is 5.73 Å². The molecule has 1 amide bonds. The van der Waals surface area contributed by atoms with Gasteiger partial charge in [0.1, 0.15) is 0 Å². The summed E-state index contributed by atoms with van der Waals surface area (Å²) in [6.45, 7) is 6.10. The van der Waals surface area contributed by atoms with Crippen LogP contribution >= 0.6 is 0 Å². The first-order chi connectivity index (χ1) is 7.52. The van der Waals surface area contributed by atoms with Crippen molar-refractivity contribution >= 4 is 5.91 Å². The maximum atomic E-state index is 12.4. The van der Waals surface area contributed by atoms with Crippen molar-refractivity contribution in [1.29, 1.82) is 0 Å². The molecule has 2 aliphatic carbocycles. The summed E-state index contributed by atoms with van der Waals surface area (Å²) in [6.07, 6.45) is 4.97. The van der Waals surface area contributed by atoms with E-state index in [9.17, 15) is 4.79 Å². The summed E-state index contributed by atoms with van der Waals surface area (Å²) in [5, 5.41) is 0. The smallest absolute Gasteiger partial charge is 0.227 e. The third kappa shape index (κ3) is 2.40. The van der Waals surface area contributed by atoms with E-state index >= 15 is 0 Å². The van der Waals surface area contributed by atoms with Crippen LogP contribution in [-0.2, 0) is 4.79 Å². The van der Waals surface area contributed by atoms with Gasteiger partial charge in [-0.25, -0.2) is 0 Å². The molecule has 2 rings (SSSR count). The van der Waals surface area contributed by atoms with Crippen molar-refractivity contribution in [3.63, 3.8) is 0 Å². The molecule has 2 fully saturated rings. The van der Waals surface area contributed by atoms with Gasteiger partial charge < -0.3 is 10.6 Å². The number of carbonyl (C=O) groups is 1. The number of hydrogen-bond donors (Lipinski definition) is 1. The van der Waals surface area contributed by atoms with Gasteiger partial charge in [-0.05, 0) is 45.4 Å². The molecule has 3 nitrogen and oxygen atoms in total. The number of rotatable bonds is 5. The van der Waals surface area contributed by atoms with Crippen LogP contribution in [0, 0.1) is 11.8 Å². The fourth-order valence-corrected chi connectivity index (χ4v) is 2.33. The number of nitrogens with zero attached hydrogens (tertiary/aromatic N) is 1. The standard InChI is InChI=1S/C13H24N2O/c1-8(9(2)14)13(16)15(12-6-7-12)10(3)11-4-5-11/h8-12H,4-7,14H2,1-3H3. The van der Waals surface area contributed by atoms with Crippen LogP contribution in [0.25, 0.3) is 0 Å². The summed E-state index contributed by atoms with van der Waals surface area (Å²) in [5.41, 5.74) is 5.84. The van der Waals surface area contributed by atoms with Crippen molar-refractivity contribution in [1.82, 2.24) is 4.90 Å². The van der Waals surface area contributed by atoms with Crippen molar-refractivity contribution in [2.24, 2.45) is 17.6 Å². The van der Waals surface area contributed by atoms with Crippen molar-refractivity contribution in [3.05, 3.63) is 0 Å². The van der Waals surface area contributed by atoms with Gasteiger partial charge >= 0.3 is 0 Å². The van der Waals surface area contributed by atoms with Crippen molar-refractivity contribution in [2.45, 2.75) is 64.6 Å². The van der Waals surface area contributed by atoms with Gasteiger partial charge in [0.05, 0.1) is 5.92 Å². The lowest BCUT2D eigenvalue weighted by molar-refractivity contribution is -0.138. The van der Waals surface area contributed by atoms with Gasteiger partial charge in [0, 0.05) is 18.1 Å². The summed E-state index contributed by atoms with van der Waals surface area (Å²) in [4.78, 5) is 14.5. The molecule has 2 saturated carbocycles. The summed E-state index contributed by atoms with van der Waals surface area (Å²) in [6, 6.07) is 0.908. The van der Waals surface area contributed by atoms with Gasteiger partial charge in [0.15, 0.2) is 0 Å². The Bertz CT molecular complexity index is 269. The maximum absolute atomic E-state index is 12.4. The van der Waals surface area contributed by atoms with E-state index in [-0.39, 0.29) is 17.9 Å². The van der Waals surface area contributed by atoms with E-state index < -0.39 is 0 Å². The van der Waals surface area contributed by atoms with E-state index in [2.05, 4.69) is 11.8 Å². The second kappa shape index (κ2) is 4.36. The van der Waals surface area contributed by atoms with Crippen LogP contribution in [0.3, 0.4) is 0 Å². The molecular formula is C13H24N2O. The molecule has 3 heteroatoms. The van der Waals surface area contributed by atoms with Crippen molar-refractivity contribution in [2.75, 3.05) is 0 Å². The Labute approximate surface area is 98.4 Å². The molecule has 0 radical (unpaired) electrons. The largest absolute Gasteiger partial charge is 0.336 e. The highest BCUT2D eigenvalue weighted by atomic mass is 16.2. The number of carbonyl (C=O) groups excluding carboxylic acids is 1. The number of nitrogens with two attached hydrogens (primary N) is 1. The Morgan fingerprint density at radius 2 is 1.75 bits per heavy atom. The first-order valence-corrected chi connectivity index (χ1v) is 6.60. The third-order valence-corrected chi connectivity index (χ3v) is 4.12. The predicted molar refractivity (Wildman–Crippen MR) is 64.9 cm³/mol. The minimum Gasteiger partial charge on any atom is -0.336 e. The molecular weight excluding hydrogens is 200 g/mol. The molecule has 3 atom stereocenters. The molecule has 0 aromatic rings.